The van der Waals surface area contributed by atoms with Crippen LogP contribution in [0.4, 0.5) is 0 Å². The fraction of sp³-hybridized carbons (Fsp3) is 0.625. The first-order valence-corrected chi connectivity index (χ1v) is 3.52. The molecule has 0 unspecified atom stereocenters. The summed E-state index contributed by atoms with van der Waals surface area (Å²) in [5, 5.41) is 8.99. The summed E-state index contributed by atoms with van der Waals surface area (Å²) < 4.78 is 0. The van der Waals surface area contributed by atoms with Gasteiger partial charge in [0.15, 0.2) is 0 Å². The zero-order chi connectivity index (χ0) is 6.53. The molecule has 1 N–H and O–H groups in total. The van der Waals surface area contributed by atoms with Gasteiger partial charge in [-0.05, 0) is 25.3 Å². The zero-order valence-electron chi connectivity index (χ0n) is 5.56. The maximum atomic E-state index is 8.99. The van der Waals surface area contributed by atoms with Crippen LogP contribution in [-0.2, 0) is 0 Å². The first-order chi connectivity index (χ1) is 4.39. The molecule has 1 heteroatoms. The van der Waals surface area contributed by atoms with Crippen molar-refractivity contribution in [3.8, 4) is 0 Å². The van der Waals surface area contributed by atoms with Crippen LogP contribution < -0.4 is 0 Å². The van der Waals surface area contributed by atoms with E-state index in [1.54, 1.807) is 0 Å². The molecule has 1 rings (SSSR count). The van der Waals surface area contributed by atoms with Crippen molar-refractivity contribution in [1.29, 1.82) is 0 Å². The van der Waals surface area contributed by atoms with Crippen LogP contribution in [0.3, 0.4) is 0 Å². The van der Waals surface area contributed by atoms with E-state index in [1.165, 1.54) is 12.8 Å². The molecule has 0 atom stereocenters. The van der Waals surface area contributed by atoms with Gasteiger partial charge in [-0.2, -0.15) is 0 Å². The molecule has 0 aromatic rings. The average Bonchev–Trinajstić information content (AvgIpc) is 1.79. The molecule has 0 bridgehead atoms. The third kappa shape index (κ3) is 2.39. The van der Waals surface area contributed by atoms with E-state index >= 15 is 0 Å². The first kappa shape index (κ1) is 6.44. The van der Waals surface area contributed by atoms with E-state index in [-0.39, 0.29) is 0 Å². The molecule has 0 aromatic carbocycles. The number of aliphatic hydroxyl groups excluding tert-OH is 1. The predicted octanol–water partition coefficient (Wildman–Crippen LogP) is 2.55. The maximum absolute atomic E-state index is 8.99. The van der Waals surface area contributed by atoms with Gasteiger partial charge >= 0.3 is 0 Å². The molecule has 0 amide bonds. The molecule has 0 aliphatic heterocycles. The highest BCUT2D eigenvalue weighted by molar-refractivity contribution is 4.93. The number of hydrogen-bond acceptors (Lipinski definition) is 1. The summed E-state index contributed by atoms with van der Waals surface area (Å²) in [6, 6.07) is 0. The second-order valence-electron chi connectivity index (χ2n) is 2.39. The zero-order valence-corrected chi connectivity index (χ0v) is 5.56. The fourth-order valence-electron chi connectivity index (χ4n) is 0.978. The van der Waals surface area contributed by atoms with E-state index in [4.69, 9.17) is 5.11 Å². The largest absolute Gasteiger partial charge is 0.505 e. The molecule has 0 radical (unpaired) electrons. The molecule has 1 aliphatic rings. The molecule has 0 saturated heterocycles. The van der Waals surface area contributed by atoms with Gasteiger partial charge in [0.2, 0.25) is 0 Å². The van der Waals surface area contributed by atoms with Gasteiger partial charge in [0.05, 0.1) is 0 Å². The molecule has 1 nitrogen and oxygen atoms in total. The lowest BCUT2D eigenvalue weighted by Gasteiger charge is -1.99. The molecule has 9 heavy (non-hydrogen) atoms. The molecule has 0 spiro atoms. The van der Waals surface area contributed by atoms with Crippen molar-refractivity contribution in [2.75, 3.05) is 0 Å². The molecule has 0 heterocycles. The van der Waals surface area contributed by atoms with Crippen LogP contribution >= 0.6 is 0 Å². The SMILES string of the molecule is OC1=C=CCCCCC1. The lowest BCUT2D eigenvalue weighted by atomic mass is 10.1. The lowest BCUT2D eigenvalue weighted by Crippen LogP contribution is -1.83. The smallest absolute Gasteiger partial charge is 0.134 e. The minimum absolute atomic E-state index is 0.426. The summed E-state index contributed by atoms with van der Waals surface area (Å²) in [5.74, 6) is 0.426. The Morgan fingerprint density at radius 3 is 3.11 bits per heavy atom. The van der Waals surface area contributed by atoms with E-state index < -0.39 is 0 Å². The van der Waals surface area contributed by atoms with Gasteiger partial charge < -0.3 is 5.11 Å². The van der Waals surface area contributed by atoms with E-state index in [0.29, 0.717) is 5.76 Å². The predicted molar refractivity (Wildman–Crippen MR) is 37.3 cm³/mol. The van der Waals surface area contributed by atoms with Crippen LogP contribution in [0.5, 0.6) is 0 Å². The summed E-state index contributed by atoms with van der Waals surface area (Å²) in [6.45, 7) is 0. The van der Waals surface area contributed by atoms with E-state index in [2.05, 4.69) is 5.73 Å². The van der Waals surface area contributed by atoms with Crippen LogP contribution in [0.25, 0.3) is 0 Å². The third-order valence-electron chi connectivity index (χ3n) is 1.53. The Morgan fingerprint density at radius 1 is 1.33 bits per heavy atom. The molecule has 0 fully saturated rings. The van der Waals surface area contributed by atoms with Gasteiger partial charge in [-0.25, -0.2) is 0 Å². The molecule has 1 aliphatic carbocycles. The first-order valence-electron chi connectivity index (χ1n) is 3.52. The highest BCUT2D eigenvalue weighted by atomic mass is 16.3. The van der Waals surface area contributed by atoms with Crippen LogP contribution in [0.1, 0.15) is 32.1 Å². The summed E-state index contributed by atoms with van der Waals surface area (Å²) in [4.78, 5) is 0. The molecular weight excluding hydrogens is 112 g/mol. The van der Waals surface area contributed by atoms with Crippen LogP contribution in [-0.4, -0.2) is 5.11 Å². The van der Waals surface area contributed by atoms with Crippen molar-refractivity contribution in [3.63, 3.8) is 0 Å². The number of allylic oxidation sites excluding steroid dienone is 1. The summed E-state index contributed by atoms with van der Waals surface area (Å²) in [5.41, 5.74) is 2.83. The molecule has 0 saturated carbocycles. The van der Waals surface area contributed by atoms with Gasteiger partial charge in [-0.15, -0.1) is 0 Å². The second-order valence-corrected chi connectivity index (χ2v) is 2.39. The van der Waals surface area contributed by atoms with Gasteiger partial charge in [-0.1, -0.05) is 12.2 Å². The van der Waals surface area contributed by atoms with Gasteiger partial charge in [0.25, 0.3) is 0 Å². The number of rotatable bonds is 0. The van der Waals surface area contributed by atoms with Gasteiger partial charge in [0, 0.05) is 6.42 Å². The number of aliphatic hydroxyl groups is 1. The van der Waals surface area contributed by atoms with Crippen LogP contribution in [0, 0.1) is 0 Å². The maximum Gasteiger partial charge on any atom is 0.134 e. The Labute approximate surface area is 55.7 Å². The van der Waals surface area contributed by atoms with Crippen LogP contribution in [0.2, 0.25) is 0 Å². The Kier molecular flexibility index (Phi) is 2.41. The quantitative estimate of drug-likeness (QED) is 0.492. The lowest BCUT2D eigenvalue weighted by molar-refractivity contribution is 0.380. The summed E-state index contributed by atoms with van der Waals surface area (Å²) in [7, 11) is 0. The van der Waals surface area contributed by atoms with Crippen molar-refractivity contribution in [1.82, 2.24) is 0 Å². The van der Waals surface area contributed by atoms with Crippen LogP contribution in [0.15, 0.2) is 17.6 Å². The van der Waals surface area contributed by atoms with Gasteiger partial charge in [-0.3, -0.25) is 0 Å². The minimum Gasteiger partial charge on any atom is -0.505 e. The minimum atomic E-state index is 0.426. The van der Waals surface area contributed by atoms with Crippen molar-refractivity contribution in [3.05, 3.63) is 17.6 Å². The normalized spacial score (nSPS) is 20.2. The monoisotopic (exact) mass is 124 g/mol. The van der Waals surface area contributed by atoms with Crippen molar-refractivity contribution in [2.45, 2.75) is 32.1 Å². The summed E-state index contributed by atoms with van der Waals surface area (Å²) >= 11 is 0. The highest BCUT2D eigenvalue weighted by Gasteiger charge is 1.94. The molecule has 50 valence electrons. The average molecular weight is 124 g/mol. The van der Waals surface area contributed by atoms with E-state index in [0.717, 1.165) is 19.3 Å². The van der Waals surface area contributed by atoms with E-state index in [1.807, 2.05) is 6.08 Å². The standard InChI is InChI=1S/C8H12O/c9-8-6-4-2-1-3-5-7-8/h4,9H,1-3,5,7H2. The van der Waals surface area contributed by atoms with E-state index in [9.17, 15) is 0 Å². The second kappa shape index (κ2) is 3.37. The van der Waals surface area contributed by atoms with Crippen molar-refractivity contribution in [2.24, 2.45) is 0 Å². The Hall–Kier alpha value is -0.680. The van der Waals surface area contributed by atoms with Crippen molar-refractivity contribution >= 4 is 0 Å². The molecular formula is C8H12O. The third-order valence-corrected chi connectivity index (χ3v) is 1.53. The Morgan fingerprint density at radius 2 is 2.22 bits per heavy atom. The Balaban J connectivity index is 2.53. The van der Waals surface area contributed by atoms with Gasteiger partial charge in [0.1, 0.15) is 5.76 Å². The van der Waals surface area contributed by atoms with Crippen molar-refractivity contribution < 1.29 is 5.11 Å². The molecule has 0 aromatic heterocycles. The summed E-state index contributed by atoms with van der Waals surface area (Å²) in [6.07, 6.45) is 7.42. The fourth-order valence-corrected chi connectivity index (χ4v) is 0.978. The highest BCUT2D eigenvalue weighted by Crippen LogP contribution is 2.10. The number of hydrogen-bond donors (Lipinski definition) is 1. The Bertz CT molecular complexity index is 141. The topological polar surface area (TPSA) is 20.2 Å².